The van der Waals surface area contributed by atoms with Gasteiger partial charge in [-0.05, 0) is 44.8 Å². The van der Waals surface area contributed by atoms with Crippen LogP contribution < -0.4 is 5.73 Å². The van der Waals surface area contributed by atoms with Gasteiger partial charge in [0.2, 0.25) is 0 Å². The first-order valence-corrected chi connectivity index (χ1v) is 5.34. The van der Waals surface area contributed by atoms with E-state index in [0.29, 0.717) is 5.41 Å². The predicted octanol–water partition coefficient (Wildman–Crippen LogP) is 1.71. The van der Waals surface area contributed by atoms with Crippen molar-refractivity contribution in [3.63, 3.8) is 0 Å². The van der Waals surface area contributed by atoms with Gasteiger partial charge < -0.3 is 5.73 Å². The van der Waals surface area contributed by atoms with Crippen LogP contribution in [0.2, 0.25) is 0 Å². The van der Waals surface area contributed by atoms with Crippen molar-refractivity contribution in [2.75, 3.05) is 26.7 Å². The van der Waals surface area contributed by atoms with E-state index < -0.39 is 0 Å². The van der Waals surface area contributed by atoms with Gasteiger partial charge in [0, 0.05) is 0 Å². The molecule has 0 atom stereocenters. The molecule has 0 aliphatic carbocycles. The summed E-state index contributed by atoms with van der Waals surface area (Å²) in [5.74, 6) is 2.65. The van der Waals surface area contributed by atoms with E-state index in [1.165, 1.54) is 12.8 Å². The predicted molar refractivity (Wildman–Crippen MR) is 63.0 cm³/mol. The molecule has 0 unspecified atom stereocenters. The largest absolute Gasteiger partial charge is 0.330 e. The molecule has 0 radical (unpaired) electrons. The summed E-state index contributed by atoms with van der Waals surface area (Å²) in [7, 11) is 2.07. The van der Waals surface area contributed by atoms with Crippen molar-refractivity contribution < 1.29 is 0 Å². The van der Waals surface area contributed by atoms with Gasteiger partial charge >= 0.3 is 0 Å². The van der Waals surface area contributed by atoms with Crippen LogP contribution in [0.1, 0.15) is 33.1 Å². The molecule has 14 heavy (non-hydrogen) atoms. The molecule has 2 N–H and O–H groups in total. The highest BCUT2D eigenvalue weighted by atomic mass is 15.1. The standard InChI is InChI=1S/C12H24N2/c1-5-10-14(4)11-6-7-12(2,3)8-9-13/h1H,6-11,13H2,2-4H3. The average Bonchev–Trinajstić information content (AvgIpc) is 2.03. The van der Waals surface area contributed by atoms with E-state index >= 15 is 0 Å². The van der Waals surface area contributed by atoms with Gasteiger partial charge in [0.1, 0.15) is 0 Å². The maximum absolute atomic E-state index is 5.56. The molecule has 0 saturated heterocycles. The minimum absolute atomic E-state index is 0.381. The van der Waals surface area contributed by atoms with E-state index in [-0.39, 0.29) is 0 Å². The summed E-state index contributed by atoms with van der Waals surface area (Å²) < 4.78 is 0. The molecule has 82 valence electrons. The molecule has 0 aromatic heterocycles. The highest BCUT2D eigenvalue weighted by Crippen LogP contribution is 2.25. The Labute approximate surface area is 88.9 Å². The zero-order valence-electron chi connectivity index (χ0n) is 9.84. The Morgan fingerprint density at radius 3 is 2.50 bits per heavy atom. The number of nitrogens with two attached hydrogens (primary N) is 1. The van der Waals surface area contributed by atoms with Crippen LogP contribution in [0.5, 0.6) is 0 Å². The summed E-state index contributed by atoms with van der Waals surface area (Å²) >= 11 is 0. The Bertz CT molecular complexity index is 179. The quantitative estimate of drug-likeness (QED) is 0.628. The fourth-order valence-electron chi connectivity index (χ4n) is 1.58. The first-order chi connectivity index (χ1) is 6.52. The van der Waals surface area contributed by atoms with Crippen molar-refractivity contribution in [3.8, 4) is 12.3 Å². The van der Waals surface area contributed by atoms with Crippen molar-refractivity contribution in [3.05, 3.63) is 0 Å². The van der Waals surface area contributed by atoms with E-state index in [0.717, 1.165) is 26.1 Å². The normalized spacial score (nSPS) is 11.7. The van der Waals surface area contributed by atoms with Gasteiger partial charge in [0.15, 0.2) is 0 Å². The third kappa shape index (κ3) is 6.94. The summed E-state index contributed by atoms with van der Waals surface area (Å²) in [6.07, 6.45) is 8.75. The van der Waals surface area contributed by atoms with Crippen molar-refractivity contribution >= 4 is 0 Å². The molecule has 0 fully saturated rings. The van der Waals surface area contributed by atoms with Crippen LogP contribution in [0, 0.1) is 17.8 Å². The van der Waals surface area contributed by atoms with Crippen LogP contribution in [-0.2, 0) is 0 Å². The molecule has 0 heterocycles. The fourth-order valence-corrected chi connectivity index (χ4v) is 1.58. The monoisotopic (exact) mass is 196 g/mol. The summed E-state index contributed by atoms with van der Waals surface area (Å²) in [5.41, 5.74) is 5.94. The SMILES string of the molecule is C#CCN(C)CCCC(C)(C)CCN. The van der Waals surface area contributed by atoms with E-state index in [4.69, 9.17) is 12.2 Å². The molecule has 0 spiro atoms. The molecule has 0 saturated carbocycles. The Kier molecular flexibility index (Phi) is 6.61. The lowest BCUT2D eigenvalue weighted by Crippen LogP contribution is -2.23. The third-order valence-electron chi connectivity index (χ3n) is 2.58. The second-order valence-electron chi connectivity index (χ2n) is 4.75. The Morgan fingerprint density at radius 1 is 1.36 bits per heavy atom. The van der Waals surface area contributed by atoms with Gasteiger partial charge in [-0.1, -0.05) is 19.8 Å². The molecular formula is C12H24N2. The van der Waals surface area contributed by atoms with Crippen molar-refractivity contribution in [1.82, 2.24) is 4.90 Å². The topological polar surface area (TPSA) is 29.3 Å². The third-order valence-corrected chi connectivity index (χ3v) is 2.58. The maximum Gasteiger partial charge on any atom is 0.0596 e. The van der Waals surface area contributed by atoms with E-state index in [9.17, 15) is 0 Å². The molecule has 0 rings (SSSR count). The van der Waals surface area contributed by atoms with Crippen LogP contribution in [0.15, 0.2) is 0 Å². The number of rotatable bonds is 7. The number of hydrogen-bond donors (Lipinski definition) is 1. The Hall–Kier alpha value is -0.520. The number of hydrogen-bond acceptors (Lipinski definition) is 2. The Balaban J connectivity index is 3.58. The second-order valence-corrected chi connectivity index (χ2v) is 4.75. The Morgan fingerprint density at radius 2 is 2.00 bits per heavy atom. The molecule has 0 aromatic carbocycles. The van der Waals surface area contributed by atoms with Gasteiger partial charge in [-0.3, -0.25) is 4.90 Å². The van der Waals surface area contributed by atoms with Crippen LogP contribution in [0.25, 0.3) is 0 Å². The van der Waals surface area contributed by atoms with Crippen molar-refractivity contribution in [1.29, 1.82) is 0 Å². The molecule has 0 aromatic rings. The van der Waals surface area contributed by atoms with Crippen LogP contribution in [-0.4, -0.2) is 31.6 Å². The van der Waals surface area contributed by atoms with Crippen LogP contribution in [0.4, 0.5) is 0 Å². The zero-order chi connectivity index (χ0) is 11.0. The summed E-state index contributed by atoms with van der Waals surface area (Å²) in [6.45, 7) is 7.17. The molecule has 0 aliphatic rings. The molecule has 2 heteroatoms. The smallest absolute Gasteiger partial charge is 0.0596 e. The lowest BCUT2D eigenvalue weighted by molar-refractivity contribution is 0.273. The zero-order valence-corrected chi connectivity index (χ0v) is 9.84. The molecule has 0 amide bonds. The molecular weight excluding hydrogens is 172 g/mol. The second kappa shape index (κ2) is 6.86. The first-order valence-electron chi connectivity index (χ1n) is 5.34. The van der Waals surface area contributed by atoms with Gasteiger partial charge in [-0.15, -0.1) is 6.42 Å². The lowest BCUT2D eigenvalue weighted by atomic mass is 9.84. The molecule has 0 aliphatic heterocycles. The number of terminal acetylenes is 1. The summed E-state index contributed by atoms with van der Waals surface area (Å²) in [4.78, 5) is 2.18. The molecule has 2 nitrogen and oxygen atoms in total. The minimum atomic E-state index is 0.381. The summed E-state index contributed by atoms with van der Waals surface area (Å²) in [6, 6.07) is 0. The van der Waals surface area contributed by atoms with Crippen LogP contribution >= 0.6 is 0 Å². The van der Waals surface area contributed by atoms with Gasteiger partial charge in [-0.25, -0.2) is 0 Å². The van der Waals surface area contributed by atoms with E-state index in [1.54, 1.807) is 0 Å². The van der Waals surface area contributed by atoms with Crippen LogP contribution in [0.3, 0.4) is 0 Å². The lowest BCUT2D eigenvalue weighted by Gasteiger charge is -2.24. The maximum atomic E-state index is 5.56. The van der Waals surface area contributed by atoms with E-state index in [1.807, 2.05) is 0 Å². The highest BCUT2D eigenvalue weighted by Gasteiger charge is 2.15. The summed E-state index contributed by atoms with van der Waals surface area (Å²) in [5, 5.41) is 0. The average molecular weight is 196 g/mol. The number of nitrogens with zero attached hydrogens (tertiary/aromatic N) is 1. The first kappa shape index (κ1) is 13.5. The van der Waals surface area contributed by atoms with Gasteiger partial charge in [0.05, 0.1) is 6.54 Å². The van der Waals surface area contributed by atoms with Gasteiger partial charge in [-0.2, -0.15) is 0 Å². The minimum Gasteiger partial charge on any atom is -0.330 e. The van der Waals surface area contributed by atoms with Gasteiger partial charge in [0.25, 0.3) is 0 Å². The van der Waals surface area contributed by atoms with E-state index in [2.05, 4.69) is 31.7 Å². The van der Waals surface area contributed by atoms with Crippen molar-refractivity contribution in [2.24, 2.45) is 11.1 Å². The van der Waals surface area contributed by atoms with Crippen molar-refractivity contribution in [2.45, 2.75) is 33.1 Å². The fraction of sp³-hybridized carbons (Fsp3) is 0.833. The molecule has 0 bridgehead atoms. The highest BCUT2D eigenvalue weighted by molar-refractivity contribution is 4.87.